The van der Waals surface area contributed by atoms with E-state index >= 15 is 0 Å². The summed E-state index contributed by atoms with van der Waals surface area (Å²) in [5.74, 6) is 0.845. The lowest BCUT2D eigenvalue weighted by atomic mass is 10.0. The largest absolute Gasteiger partial charge is 0.468 e. The summed E-state index contributed by atoms with van der Waals surface area (Å²) >= 11 is 0. The lowest BCUT2D eigenvalue weighted by Gasteiger charge is -2.10. The Hall–Kier alpha value is -0.610. The second kappa shape index (κ2) is 4.94. The summed E-state index contributed by atoms with van der Waals surface area (Å²) in [6, 6.07) is 8.29. The predicted molar refractivity (Wildman–Crippen MR) is 64.8 cm³/mol. The van der Waals surface area contributed by atoms with Gasteiger partial charge in [0.25, 0.3) is 0 Å². The monoisotopic (exact) mass is 240 g/mol. The number of fused-ring (bicyclic) bond motifs is 1. The fourth-order valence-electron chi connectivity index (χ4n) is 1.56. The van der Waals surface area contributed by atoms with Crippen molar-refractivity contribution in [2.24, 2.45) is 0 Å². The van der Waals surface area contributed by atoms with Gasteiger partial charge in [-0.15, -0.1) is 0 Å². The highest BCUT2D eigenvalue weighted by molar-refractivity contribution is 8.76. The summed E-state index contributed by atoms with van der Waals surface area (Å²) in [6.45, 7) is 0. The molecule has 0 bridgehead atoms. The normalized spacial score (nSPS) is 20.2. The van der Waals surface area contributed by atoms with Crippen molar-refractivity contribution >= 4 is 27.6 Å². The standard InChI is InChI=1S/C11H12O2S2/c1-13-11(12)10-6-8-4-2-3-5-9(8)7-14-15-10/h2-5,10H,6-7H2,1H3. The maximum atomic E-state index is 11.5. The third kappa shape index (κ3) is 2.49. The molecule has 2 rings (SSSR count). The molecule has 0 saturated heterocycles. The zero-order valence-corrected chi connectivity index (χ0v) is 10.1. The minimum absolute atomic E-state index is 0.0661. The Morgan fingerprint density at radius 2 is 2.13 bits per heavy atom. The van der Waals surface area contributed by atoms with Gasteiger partial charge in [-0.05, 0) is 17.5 Å². The molecule has 0 aromatic heterocycles. The van der Waals surface area contributed by atoms with Crippen molar-refractivity contribution in [2.45, 2.75) is 17.4 Å². The first-order valence-corrected chi connectivity index (χ1v) is 7.12. The van der Waals surface area contributed by atoms with Crippen molar-refractivity contribution in [3.05, 3.63) is 35.4 Å². The Kier molecular flexibility index (Phi) is 3.59. The van der Waals surface area contributed by atoms with Gasteiger partial charge in [-0.1, -0.05) is 45.9 Å². The molecule has 2 nitrogen and oxygen atoms in total. The van der Waals surface area contributed by atoms with Gasteiger partial charge in [-0.3, -0.25) is 4.79 Å². The van der Waals surface area contributed by atoms with Crippen molar-refractivity contribution in [3.8, 4) is 0 Å². The van der Waals surface area contributed by atoms with Crippen LogP contribution in [-0.2, 0) is 21.7 Å². The Balaban J connectivity index is 2.21. The number of carbonyl (C=O) groups excluding carboxylic acids is 1. The van der Waals surface area contributed by atoms with E-state index in [0.717, 1.165) is 12.2 Å². The molecule has 0 N–H and O–H groups in total. The molecule has 4 heteroatoms. The van der Waals surface area contributed by atoms with E-state index in [2.05, 4.69) is 12.1 Å². The second-order valence-corrected chi connectivity index (χ2v) is 5.91. The van der Waals surface area contributed by atoms with Crippen LogP contribution in [0.2, 0.25) is 0 Å². The first kappa shape index (κ1) is 10.9. The predicted octanol–water partition coefficient (Wildman–Crippen LogP) is 2.67. The molecule has 1 aromatic rings. The van der Waals surface area contributed by atoms with E-state index in [1.807, 2.05) is 12.1 Å². The first-order valence-electron chi connectivity index (χ1n) is 4.74. The zero-order valence-electron chi connectivity index (χ0n) is 8.43. The maximum Gasteiger partial charge on any atom is 0.320 e. The van der Waals surface area contributed by atoms with Crippen LogP contribution in [0, 0.1) is 0 Å². The van der Waals surface area contributed by atoms with E-state index in [4.69, 9.17) is 4.74 Å². The van der Waals surface area contributed by atoms with Crippen molar-refractivity contribution < 1.29 is 9.53 Å². The third-order valence-electron chi connectivity index (χ3n) is 2.39. The van der Waals surface area contributed by atoms with Gasteiger partial charge in [-0.25, -0.2) is 0 Å². The number of methoxy groups -OCH3 is 1. The number of hydrogen-bond donors (Lipinski definition) is 0. The molecule has 0 amide bonds. The van der Waals surface area contributed by atoms with E-state index in [0.29, 0.717) is 0 Å². The summed E-state index contributed by atoms with van der Waals surface area (Å²) in [5.41, 5.74) is 2.60. The lowest BCUT2D eigenvalue weighted by Crippen LogP contribution is -2.20. The molecule has 0 radical (unpaired) electrons. The zero-order chi connectivity index (χ0) is 10.7. The van der Waals surface area contributed by atoms with Crippen LogP contribution in [0.3, 0.4) is 0 Å². The van der Waals surface area contributed by atoms with E-state index in [1.165, 1.54) is 18.2 Å². The molecule has 0 saturated carbocycles. The Morgan fingerprint density at radius 3 is 2.87 bits per heavy atom. The maximum absolute atomic E-state index is 11.5. The van der Waals surface area contributed by atoms with Crippen LogP contribution in [0.5, 0.6) is 0 Å². The van der Waals surface area contributed by atoms with Gasteiger partial charge in [0.2, 0.25) is 0 Å². The molecule has 80 valence electrons. The summed E-state index contributed by atoms with van der Waals surface area (Å²) < 4.78 is 4.79. The fraction of sp³-hybridized carbons (Fsp3) is 0.364. The van der Waals surface area contributed by atoms with Crippen LogP contribution in [0.25, 0.3) is 0 Å². The fourth-order valence-corrected chi connectivity index (χ4v) is 4.15. The Labute approximate surface area is 97.2 Å². The van der Waals surface area contributed by atoms with Gasteiger partial charge in [0.15, 0.2) is 0 Å². The van der Waals surface area contributed by atoms with E-state index < -0.39 is 0 Å². The Morgan fingerprint density at radius 1 is 1.40 bits per heavy atom. The summed E-state index contributed by atoms with van der Waals surface area (Å²) in [6.07, 6.45) is 0.778. The molecule has 0 fully saturated rings. The quantitative estimate of drug-likeness (QED) is 0.557. The molecule has 1 unspecified atom stereocenters. The second-order valence-electron chi connectivity index (χ2n) is 3.34. The molecule has 0 aliphatic carbocycles. The summed E-state index contributed by atoms with van der Waals surface area (Å²) in [5, 5.41) is -0.0661. The number of esters is 1. The topological polar surface area (TPSA) is 26.3 Å². The molecular formula is C11H12O2S2. The Bertz CT molecular complexity index is 365. The van der Waals surface area contributed by atoms with Crippen molar-refractivity contribution in [2.75, 3.05) is 7.11 Å². The van der Waals surface area contributed by atoms with E-state index in [1.54, 1.807) is 21.6 Å². The number of hydrogen-bond acceptors (Lipinski definition) is 4. The molecule has 1 aliphatic heterocycles. The smallest absolute Gasteiger partial charge is 0.320 e. The van der Waals surface area contributed by atoms with Crippen LogP contribution in [0.1, 0.15) is 11.1 Å². The van der Waals surface area contributed by atoms with Gasteiger partial charge in [0.1, 0.15) is 5.25 Å². The SMILES string of the molecule is COC(=O)C1Cc2ccccc2CSS1. The van der Waals surface area contributed by atoms with Crippen LogP contribution in [0.4, 0.5) is 0 Å². The number of carbonyl (C=O) groups is 1. The highest BCUT2D eigenvalue weighted by Crippen LogP contribution is 2.37. The first-order chi connectivity index (χ1) is 7.31. The number of rotatable bonds is 1. The van der Waals surface area contributed by atoms with Gasteiger partial charge >= 0.3 is 5.97 Å². The molecule has 15 heavy (non-hydrogen) atoms. The molecule has 1 aliphatic rings. The minimum atomic E-state index is -0.121. The molecule has 1 atom stereocenters. The van der Waals surface area contributed by atoms with Crippen LogP contribution < -0.4 is 0 Å². The van der Waals surface area contributed by atoms with Crippen LogP contribution >= 0.6 is 21.6 Å². The van der Waals surface area contributed by atoms with E-state index in [9.17, 15) is 4.79 Å². The van der Waals surface area contributed by atoms with E-state index in [-0.39, 0.29) is 11.2 Å². The van der Waals surface area contributed by atoms with Crippen LogP contribution in [-0.4, -0.2) is 18.3 Å². The summed E-state index contributed by atoms with van der Waals surface area (Å²) in [7, 11) is 4.79. The average Bonchev–Trinajstić information content (AvgIpc) is 2.49. The third-order valence-corrected chi connectivity index (χ3v) is 5.00. The highest BCUT2D eigenvalue weighted by Gasteiger charge is 2.24. The van der Waals surface area contributed by atoms with Crippen molar-refractivity contribution in [1.29, 1.82) is 0 Å². The van der Waals surface area contributed by atoms with Gasteiger partial charge < -0.3 is 4.74 Å². The van der Waals surface area contributed by atoms with Crippen molar-refractivity contribution in [3.63, 3.8) is 0 Å². The van der Waals surface area contributed by atoms with Crippen LogP contribution in [0.15, 0.2) is 24.3 Å². The molecule has 0 spiro atoms. The average molecular weight is 240 g/mol. The molecule has 1 aromatic carbocycles. The van der Waals surface area contributed by atoms with Gasteiger partial charge in [0, 0.05) is 5.75 Å². The van der Waals surface area contributed by atoms with Crippen molar-refractivity contribution in [1.82, 2.24) is 0 Å². The lowest BCUT2D eigenvalue weighted by molar-refractivity contribution is -0.139. The number of ether oxygens (including phenoxy) is 1. The molecular weight excluding hydrogens is 228 g/mol. The number of benzene rings is 1. The van der Waals surface area contributed by atoms with Gasteiger partial charge in [0.05, 0.1) is 7.11 Å². The minimum Gasteiger partial charge on any atom is -0.468 e. The highest BCUT2D eigenvalue weighted by atomic mass is 33.1. The van der Waals surface area contributed by atoms with Gasteiger partial charge in [-0.2, -0.15) is 0 Å². The summed E-state index contributed by atoms with van der Waals surface area (Å²) in [4.78, 5) is 11.5. The molecule has 1 heterocycles.